The predicted octanol–water partition coefficient (Wildman–Crippen LogP) is 2.61. The van der Waals surface area contributed by atoms with Gasteiger partial charge in [0.2, 0.25) is 5.91 Å². The van der Waals surface area contributed by atoms with Gasteiger partial charge in [0.1, 0.15) is 28.7 Å². The minimum atomic E-state index is -1.87. The van der Waals surface area contributed by atoms with Crippen LogP contribution in [0.4, 0.5) is 18.6 Å². The first-order chi connectivity index (χ1) is 14.2. The van der Waals surface area contributed by atoms with E-state index in [1.807, 2.05) is 0 Å². The van der Waals surface area contributed by atoms with Crippen LogP contribution in [0.5, 0.6) is 0 Å². The van der Waals surface area contributed by atoms with E-state index in [-0.39, 0.29) is 22.7 Å². The summed E-state index contributed by atoms with van der Waals surface area (Å²) in [5.74, 6) is -3.95. The number of halogens is 2. The zero-order chi connectivity index (χ0) is 22.1. The van der Waals surface area contributed by atoms with Gasteiger partial charge in [-0.05, 0) is 43.5 Å². The summed E-state index contributed by atoms with van der Waals surface area (Å²) in [5, 5.41) is 6.53. The molecule has 158 valence electrons. The molecule has 0 radical (unpaired) electrons. The highest BCUT2D eigenvalue weighted by atomic mass is 32.1. The highest BCUT2D eigenvalue weighted by Gasteiger charge is 2.50. The first-order valence-corrected chi connectivity index (χ1v) is 9.69. The number of nitrogens with zero attached hydrogens (tertiary/aromatic N) is 1. The Morgan fingerprint density at radius 1 is 1.27 bits per heavy atom. The smallest absolute Gasteiger partial charge is 0.341 e. The Kier molecular flexibility index (Phi) is 5.83. The van der Waals surface area contributed by atoms with E-state index in [2.05, 4.69) is 10.6 Å². The van der Waals surface area contributed by atoms with Crippen LogP contribution in [0.25, 0.3) is 0 Å². The normalized spacial score (nSPS) is 18.3. The number of rotatable bonds is 6. The third-order valence-corrected chi connectivity index (χ3v) is 5.29. The van der Waals surface area contributed by atoms with E-state index >= 15 is 0 Å². The molecule has 1 unspecified atom stereocenters. The molecule has 0 bridgehead atoms. The van der Waals surface area contributed by atoms with Crippen molar-refractivity contribution >= 4 is 40.2 Å². The molecule has 0 saturated carbocycles. The molecule has 1 aliphatic heterocycles. The maximum atomic E-state index is 14.2. The van der Waals surface area contributed by atoms with E-state index in [4.69, 9.17) is 4.74 Å². The second kappa shape index (κ2) is 8.19. The molecule has 11 heteroatoms. The largest absolute Gasteiger partial charge is 0.462 e. The Labute approximate surface area is 173 Å². The molecule has 1 aromatic heterocycles. The van der Waals surface area contributed by atoms with Crippen molar-refractivity contribution in [2.45, 2.75) is 19.4 Å². The number of hydrogen-bond donors (Lipinski definition) is 2. The lowest BCUT2D eigenvalue weighted by Crippen LogP contribution is -2.42. The lowest BCUT2D eigenvalue weighted by atomic mass is 9.91. The Morgan fingerprint density at radius 3 is 2.70 bits per heavy atom. The van der Waals surface area contributed by atoms with Crippen molar-refractivity contribution in [1.82, 2.24) is 10.2 Å². The number of ether oxygens (including phenoxy) is 1. The van der Waals surface area contributed by atoms with Crippen LogP contribution in [0.15, 0.2) is 29.6 Å². The Balaban J connectivity index is 1.76. The molecule has 1 saturated heterocycles. The molecule has 1 aromatic carbocycles. The molecular weight excluding hydrogens is 420 g/mol. The SMILES string of the molecule is CCOC(=O)c1ccsc1NC(=O)CN1C(=O)NC(C)(c2cc(F)ccc2F)C1=O. The zero-order valence-electron chi connectivity index (χ0n) is 16.0. The van der Waals surface area contributed by atoms with Crippen LogP contribution in [-0.4, -0.2) is 41.9 Å². The molecule has 2 heterocycles. The molecule has 0 spiro atoms. The fourth-order valence-corrected chi connectivity index (χ4v) is 3.78. The number of esters is 1. The molecule has 0 aliphatic carbocycles. The number of carbonyl (C=O) groups excluding carboxylic acids is 4. The minimum absolute atomic E-state index is 0.138. The molecule has 4 amide bonds. The first-order valence-electron chi connectivity index (χ1n) is 8.81. The molecule has 8 nitrogen and oxygen atoms in total. The molecule has 2 aromatic rings. The van der Waals surface area contributed by atoms with E-state index in [1.165, 1.54) is 13.0 Å². The van der Waals surface area contributed by atoms with Crippen LogP contribution in [0, 0.1) is 11.6 Å². The standard InChI is InChI=1S/C19H17F2N3O5S/c1-3-29-16(26)11-6-7-30-15(11)22-14(25)9-24-17(27)19(2,23-18(24)28)12-8-10(20)4-5-13(12)21/h4-8H,3,9H2,1-2H3,(H,22,25)(H,23,28). The lowest BCUT2D eigenvalue weighted by molar-refractivity contribution is -0.133. The third kappa shape index (κ3) is 3.88. The third-order valence-electron chi connectivity index (χ3n) is 4.46. The van der Waals surface area contributed by atoms with Crippen molar-refractivity contribution in [3.05, 3.63) is 52.4 Å². The molecule has 3 rings (SSSR count). The van der Waals surface area contributed by atoms with Gasteiger partial charge in [0, 0.05) is 5.56 Å². The number of urea groups is 1. The van der Waals surface area contributed by atoms with Gasteiger partial charge in [-0.25, -0.2) is 18.4 Å². The van der Waals surface area contributed by atoms with Gasteiger partial charge in [0.25, 0.3) is 5.91 Å². The van der Waals surface area contributed by atoms with Gasteiger partial charge in [-0.1, -0.05) is 0 Å². The van der Waals surface area contributed by atoms with Crippen LogP contribution in [0.1, 0.15) is 29.8 Å². The summed E-state index contributed by atoms with van der Waals surface area (Å²) >= 11 is 1.06. The summed E-state index contributed by atoms with van der Waals surface area (Å²) in [6.45, 7) is 2.33. The Morgan fingerprint density at radius 2 is 2.00 bits per heavy atom. The summed E-state index contributed by atoms with van der Waals surface area (Å²) in [4.78, 5) is 50.0. The molecule has 1 aliphatic rings. The topological polar surface area (TPSA) is 105 Å². The van der Waals surface area contributed by atoms with E-state index in [9.17, 15) is 28.0 Å². The maximum absolute atomic E-state index is 14.2. The number of benzene rings is 1. The van der Waals surface area contributed by atoms with Crippen LogP contribution >= 0.6 is 11.3 Å². The van der Waals surface area contributed by atoms with Crippen LogP contribution in [0.2, 0.25) is 0 Å². The molecule has 30 heavy (non-hydrogen) atoms. The summed E-state index contributed by atoms with van der Waals surface area (Å²) in [5.41, 5.74) is -2.09. The van der Waals surface area contributed by atoms with Gasteiger partial charge in [-0.15, -0.1) is 11.3 Å². The van der Waals surface area contributed by atoms with Gasteiger partial charge in [-0.2, -0.15) is 0 Å². The second-order valence-electron chi connectivity index (χ2n) is 6.50. The minimum Gasteiger partial charge on any atom is -0.462 e. The Bertz CT molecular complexity index is 1040. The van der Waals surface area contributed by atoms with Gasteiger partial charge in [0.15, 0.2) is 0 Å². The van der Waals surface area contributed by atoms with Crippen LogP contribution in [-0.2, 0) is 19.9 Å². The van der Waals surface area contributed by atoms with Crippen molar-refractivity contribution in [3.63, 3.8) is 0 Å². The van der Waals surface area contributed by atoms with Crippen molar-refractivity contribution in [3.8, 4) is 0 Å². The Hall–Kier alpha value is -3.34. The predicted molar refractivity (Wildman–Crippen MR) is 103 cm³/mol. The molecule has 1 atom stereocenters. The van der Waals surface area contributed by atoms with Crippen LogP contribution in [0.3, 0.4) is 0 Å². The fraction of sp³-hybridized carbons (Fsp3) is 0.263. The first kappa shape index (κ1) is 21.4. The van der Waals surface area contributed by atoms with Gasteiger partial charge >= 0.3 is 12.0 Å². The number of nitrogens with one attached hydrogen (secondary N) is 2. The summed E-state index contributed by atoms with van der Waals surface area (Å²) in [7, 11) is 0. The second-order valence-corrected chi connectivity index (χ2v) is 7.42. The highest BCUT2D eigenvalue weighted by molar-refractivity contribution is 7.14. The zero-order valence-corrected chi connectivity index (χ0v) is 16.8. The average Bonchev–Trinajstić information content (AvgIpc) is 3.22. The van der Waals surface area contributed by atoms with Gasteiger partial charge < -0.3 is 15.4 Å². The lowest BCUT2D eigenvalue weighted by Gasteiger charge is -2.22. The quantitative estimate of drug-likeness (QED) is 0.534. The molecule has 1 fully saturated rings. The number of amides is 4. The number of thiophene rings is 1. The van der Waals surface area contributed by atoms with E-state index < -0.39 is 47.5 Å². The van der Waals surface area contributed by atoms with Crippen molar-refractivity contribution < 1.29 is 32.7 Å². The van der Waals surface area contributed by atoms with E-state index in [0.717, 1.165) is 29.5 Å². The van der Waals surface area contributed by atoms with Crippen molar-refractivity contribution in [2.24, 2.45) is 0 Å². The summed E-state index contributed by atoms with van der Waals surface area (Å²) in [6.07, 6.45) is 0. The molecular formula is C19H17F2N3O5S. The van der Waals surface area contributed by atoms with Gasteiger partial charge in [-0.3, -0.25) is 14.5 Å². The number of anilines is 1. The average molecular weight is 437 g/mol. The van der Waals surface area contributed by atoms with E-state index in [1.54, 1.807) is 12.3 Å². The van der Waals surface area contributed by atoms with Gasteiger partial charge in [0.05, 0.1) is 12.2 Å². The highest BCUT2D eigenvalue weighted by Crippen LogP contribution is 2.31. The van der Waals surface area contributed by atoms with E-state index in [0.29, 0.717) is 4.90 Å². The number of hydrogen-bond acceptors (Lipinski definition) is 6. The summed E-state index contributed by atoms with van der Waals surface area (Å²) < 4.78 is 32.6. The molecule has 2 N–H and O–H groups in total. The number of imide groups is 1. The fourth-order valence-electron chi connectivity index (χ4n) is 2.99. The summed E-state index contributed by atoms with van der Waals surface area (Å²) in [6, 6.07) is 3.08. The number of carbonyl (C=O) groups is 4. The van der Waals surface area contributed by atoms with Crippen molar-refractivity contribution in [1.29, 1.82) is 0 Å². The maximum Gasteiger partial charge on any atom is 0.341 e. The van der Waals surface area contributed by atoms with Crippen molar-refractivity contribution in [2.75, 3.05) is 18.5 Å². The monoisotopic (exact) mass is 437 g/mol. The van der Waals surface area contributed by atoms with Crippen LogP contribution < -0.4 is 10.6 Å².